The van der Waals surface area contributed by atoms with E-state index < -0.39 is 0 Å². The Labute approximate surface area is 209 Å². The smallest absolute Gasteiger partial charge is 0.0484 e. The summed E-state index contributed by atoms with van der Waals surface area (Å²) in [5.41, 5.74) is 0. The van der Waals surface area contributed by atoms with Gasteiger partial charge >= 0.3 is 0 Å². The van der Waals surface area contributed by atoms with Gasteiger partial charge in [-0.15, -0.1) is 0 Å². The molecule has 0 amide bonds. The number of halogens is 3. The van der Waals surface area contributed by atoms with Gasteiger partial charge in [-0.3, -0.25) is 0 Å². The van der Waals surface area contributed by atoms with Crippen LogP contribution in [0, 0.1) is 0 Å². The zero-order valence-corrected chi connectivity index (χ0v) is 20.0. The molecule has 0 aromatic heterocycles. The van der Waals surface area contributed by atoms with E-state index >= 15 is 0 Å². The van der Waals surface area contributed by atoms with Crippen molar-refractivity contribution < 1.29 is 0 Å². The summed E-state index contributed by atoms with van der Waals surface area (Å²) in [5.74, 6) is 0. The fourth-order valence-corrected chi connectivity index (χ4v) is 4.11. The Hall–Kier alpha value is -3.03. The Morgan fingerprint density at radius 3 is 1.27 bits per heavy atom. The maximum Gasteiger partial charge on any atom is 0.0484 e. The molecule has 0 fully saturated rings. The van der Waals surface area contributed by atoms with Gasteiger partial charge in [0.15, 0.2) is 0 Å². The van der Waals surface area contributed by atoms with Crippen LogP contribution in [0.2, 0.25) is 15.1 Å². The van der Waals surface area contributed by atoms with Crippen LogP contribution in [0.1, 0.15) is 0 Å². The number of rotatable bonds is 0. The average Bonchev–Trinajstić information content (AvgIpc) is 2.85. The van der Waals surface area contributed by atoms with E-state index in [4.69, 9.17) is 34.8 Å². The second kappa shape index (κ2) is 11.2. The molecule has 0 radical (unpaired) electrons. The number of benzene rings is 6. The standard InChI is InChI=1S/3C10H7Cl/c11-10-7-3-5-8-4-1-2-6-9(8)10;2*11-10-6-5-8-3-1-2-4-9(8)7-10/h3*1-7H. The van der Waals surface area contributed by atoms with Crippen LogP contribution in [0.25, 0.3) is 32.3 Å². The average molecular weight is 488 g/mol. The van der Waals surface area contributed by atoms with Crippen LogP contribution in [0.4, 0.5) is 0 Å². The van der Waals surface area contributed by atoms with Crippen LogP contribution in [0.15, 0.2) is 127 Å². The Kier molecular flexibility index (Phi) is 7.86. The van der Waals surface area contributed by atoms with Crippen molar-refractivity contribution in [3.05, 3.63) is 142 Å². The molecule has 6 aromatic rings. The fraction of sp³-hybridized carbons (Fsp3) is 0. The van der Waals surface area contributed by atoms with E-state index in [1.807, 2.05) is 91.0 Å². The van der Waals surface area contributed by atoms with Crippen molar-refractivity contribution in [1.82, 2.24) is 0 Å². The lowest BCUT2D eigenvalue weighted by Gasteiger charge is -1.97. The number of hydrogen-bond donors (Lipinski definition) is 0. The molecule has 0 saturated carbocycles. The number of hydrogen-bond acceptors (Lipinski definition) is 0. The quantitative estimate of drug-likeness (QED) is 0.200. The highest BCUT2D eigenvalue weighted by Crippen LogP contribution is 2.22. The molecule has 0 unspecified atom stereocenters. The highest BCUT2D eigenvalue weighted by atomic mass is 35.5. The zero-order valence-electron chi connectivity index (χ0n) is 17.8. The van der Waals surface area contributed by atoms with Crippen LogP contribution in [0.5, 0.6) is 0 Å². The highest BCUT2D eigenvalue weighted by molar-refractivity contribution is 6.35. The first-order valence-electron chi connectivity index (χ1n) is 10.5. The topological polar surface area (TPSA) is 0 Å². The number of fused-ring (bicyclic) bond motifs is 3. The normalized spacial score (nSPS) is 10.3. The van der Waals surface area contributed by atoms with E-state index in [1.165, 1.54) is 26.9 Å². The van der Waals surface area contributed by atoms with Crippen molar-refractivity contribution in [2.24, 2.45) is 0 Å². The largest absolute Gasteiger partial charge is 0.0843 e. The van der Waals surface area contributed by atoms with Gasteiger partial charge in [0.25, 0.3) is 0 Å². The van der Waals surface area contributed by atoms with Gasteiger partial charge in [0.2, 0.25) is 0 Å². The van der Waals surface area contributed by atoms with Gasteiger partial charge in [-0.2, -0.15) is 0 Å². The molecule has 0 aliphatic carbocycles. The molecule has 0 saturated heterocycles. The third-order valence-corrected chi connectivity index (χ3v) is 5.96. The molecule has 0 aliphatic rings. The minimum absolute atomic E-state index is 0.795. The monoisotopic (exact) mass is 486 g/mol. The first-order valence-corrected chi connectivity index (χ1v) is 11.7. The minimum atomic E-state index is 0.795. The van der Waals surface area contributed by atoms with Crippen LogP contribution < -0.4 is 0 Å². The van der Waals surface area contributed by atoms with Crippen molar-refractivity contribution in [1.29, 1.82) is 0 Å². The van der Waals surface area contributed by atoms with Crippen LogP contribution in [-0.2, 0) is 0 Å². The van der Waals surface area contributed by atoms with Gasteiger partial charge in [0.05, 0.1) is 0 Å². The molecule has 0 N–H and O–H groups in total. The van der Waals surface area contributed by atoms with Crippen LogP contribution in [-0.4, -0.2) is 0 Å². The molecule has 162 valence electrons. The Balaban J connectivity index is 0.000000118. The predicted octanol–water partition coefficient (Wildman–Crippen LogP) is 10.5. The van der Waals surface area contributed by atoms with Gasteiger partial charge in [-0.25, -0.2) is 0 Å². The lowest BCUT2D eigenvalue weighted by atomic mass is 10.1. The molecular formula is C30H21Cl3. The van der Waals surface area contributed by atoms with Gasteiger partial charge < -0.3 is 0 Å². The van der Waals surface area contributed by atoms with Crippen LogP contribution >= 0.6 is 34.8 Å². The van der Waals surface area contributed by atoms with E-state index in [2.05, 4.69) is 36.4 Å². The molecule has 0 nitrogen and oxygen atoms in total. The van der Waals surface area contributed by atoms with Crippen molar-refractivity contribution in [2.75, 3.05) is 0 Å². The van der Waals surface area contributed by atoms with Gasteiger partial charge in [-0.05, 0) is 57.3 Å². The first kappa shape index (κ1) is 23.1. The summed E-state index contributed by atoms with van der Waals surface area (Å²) in [5, 5.41) is 9.58. The summed E-state index contributed by atoms with van der Waals surface area (Å²) in [6.07, 6.45) is 0. The van der Waals surface area contributed by atoms with Crippen molar-refractivity contribution in [3.8, 4) is 0 Å². The summed E-state index contributed by atoms with van der Waals surface area (Å²) >= 11 is 17.6. The maximum absolute atomic E-state index is 5.96. The summed E-state index contributed by atoms with van der Waals surface area (Å²) in [4.78, 5) is 0. The van der Waals surface area contributed by atoms with Gasteiger partial charge in [0, 0.05) is 20.5 Å². The minimum Gasteiger partial charge on any atom is -0.0843 e. The molecule has 0 bridgehead atoms. The summed E-state index contributed by atoms with van der Waals surface area (Å²) < 4.78 is 0. The zero-order chi connectivity index (χ0) is 23.0. The van der Waals surface area contributed by atoms with E-state index in [0.29, 0.717) is 0 Å². The lowest BCUT2D eigenvalue weighted by molar-refractivity contribution is 1.75. The van der Waals surface area contributed by atoms with E-state index in [0.717, 1.165) is 20.5 Å². The van der Waals surface area contributed by atoms with Crippen LogP contribution in [0.3, 0.4) is 0 Å². The van der Waals surface area contributed by atoms with Crippen molar-refractivity contribution in [2.45, 2.75) is 0 Å². The molecule has 33 heavy (non-hydrogen) atoms. The molecular weight excluding hydrogens is 467 g/mol. The molecule has 0 atom stereocenters. The molecule has 6 rings (SSSR count). The van der Waals surface area contributed by atoms with E-state index in [1.54, 1.807) is 0 Å². The van der Waals surface area contributed by atoms with Crippen molar-refractivity contribution >= 4 is 67.1 Å². The second-order valence-corrected chi connectivity index (χ2v) is 8.72. The van der Waals surface area contributed by atoms with Crippen molar-refractivity contribution in [3.63, 3.8) is 0 Å². The Morgan fingerprint density at radius 1 is 0.333 bits per heavy atom. The molecule has 0 aliphatic heterocycles. The molecule has 6 aromatic carbocycles. The molecule has 3 heteroatoms. The first-order chi connectivity index (χ1) is 16.1. The lowest BCUT2D eigenvalue weighted by Crippen LogP contribution is -1.70. The third-order valence-electron chi connectivity index (χ3n) is 5.16. The molecule has 0 heterocycles. The second-order valence-electron chi connectivity index (χ2n) is 7.44. The maximum atomic E-state index is 5.96. The molecule has 0 spiro atoms. The summed E-state index contributed by atoms with van der Waals surface area (Å²) in [7, 11) is 0. The van der Waals surface area contributed by atoms with Gasteiger partial charge in [0.1, 0.15) is 0 Å². The summed E-state index contributed by atoms with van der Waals surface area (Å²) in [6.45, 7) is 0. The fourth-order valence-electron chi connectivity index (χ4n) is 3.51. The summed E-state index contributed by atoms with van der Waals surface area (Å²) in [6, 6.07) is 42.2. The highest BCUT2D eigenvalue weighted by Gasteiger charge is 1.94. The Bertz CT molecular complexity index is 1410. The van der Waals surface area contributed by atoms with E-state index in [9.17, 15) is 0 Å². The third kappa shape index (κ3) is 6.27. The van der Waals surface area contributed by atoms with E-state index in [-0.39, 0.29) is 0 Å². The SMILES string of the molecule is Clc1ccc2ccccc2c1.Clc1ccc2ccccc2c1.Clc1cccc2ccccc12. The Morgan fingerprint density at radius 2 is 0.758 bits per heavy atom. The predicted molar refractivity (Wildman–Crippen MR) is 147 cm³/mol. The van der Waals surface area contributed by atoms with Gasteiger partial charge in [-0.1, -0.05) is 132 Å².